The molecule has 3 aromatic rings. The number of aromatic nitrogens is 2. The highest BCUT2D eigenvalue weighted by Gasteiger charge is 2.40. The zero-order valence-electron chi connectivity index (χ0n) is 24.6. The Morgan fingerprint density at radius 2 is 1.83 bits per heavy atom. The molecular formula is C36H41N5O. The predicted molar refractivity (Wildman–Crippen MR) is 169 cm³/mol. The minimum absolute atomic E-state index is 0.125. The summed E-state index contributed by atoms with van der Waals surface area (Å²) >= 11 is 0. The van der Waals surface area contributed by atoms with E-state index >= 15 is 0 Å². The van der Waals surface area contributed by atoms with Gasteiger partial charge in [-0.2, -0.15) is 0 Å². The number of rotatable bonds is 9. The van der Waals surface area contributed by atoms with E-state index in [-0.39, 0.29) is 18.1 Å². The molecule has 216 valence electrons. The van der Waals surface area contributed by atoms with Crippen LogP contribution < -0.4 is 0 Å². The number of fused-ring (bicyclic) bond motifs is 2. The third kappa shape index (κ3) is 5.45. The van der Waals surface area contributed by atoms with Crippen molar-refractivity contribution in [3.05, 3.63) is 95.5 Å². The molecule has 0 spiro atoms. The number of hydrogen-bond donors (Lipinski definition) is 0. The van der Waals surface area contributed by atoms with Crippen molar-refractivity contribution < 1.29 is 4.79 Å². The Labute approximate surface area is 249 Å². The highest BCUT2D eigenvalue weighted by atomic mass is 16.1. The van der Waals surface area contributed by atoms with E-state index in [4.69, 9.17) is 9.98 Å². The second kappa shape index (κ2) is 11.9. The number of benzene rings is 1. The van der Waals surface area contributed by atoms with Gasteiger partial charge in [0.2, 0.25) is 0 Å². The Morgan fingerprint density at radius 3 is 2.64 bits per heavy atom. The minimum Gasteiger partial charge on any atom is -0.350 e. The Balaban J connectivity index is 0.995. The van der Waals surface area contributed by atoms with Gasteiger partial charge in [0, 0.05) is 41.0 Å². The molecule has 7 rings (SSSR count). The van der Waals surface area contributed by atoms with Crippen LogP contribution in [0.3, 0.4) is 0 Å². The summed E-state index contributed by atoms with van der Waals surface area (Å²) < 4.78 is 0. The monoisotopic (exact) mass is 559 g/mol. The van der Waals surface area contributed by atoms with Crippen molar-refractivity contribution in [2.75, 3.05) is 19.6 Å². The molecule has 1 aromatic carbocycles. The van der Waals surface area contributed by atoms with Crippen LogP contribution in [0, 0.1) is 5.92 Å². The summed E-state index contributed by atoms with van der Waals surface area (Å²) in [5.41, 5.74) is 5.58. The van der Waals surface area contributed by atoms with Crippen LogP contribution in [0.15, 0.2) is 83.5 Å². The number of nitrogens with zero attached hydrogens (tertiary/aromatic N) is 5. The van der Waals surface area contributed by atoms with Gasteiger partial charge in [-0.1, -0.05) is 48.9 Å². The quantitative estimate of drug-likeness (QED) is 0.304. The van der Waals surface area contributed by atoms with Crippen molar-refractivity contribution in [1.29, 1.82) is 0 Å². The number of aldehydes is 1. The van der Waals surface area contributed by atoms with Gasteiger partial charge in [0.05, 0.1) is 23.6 Å². The maximum Gasteiger partial charge on any atom is 0.149 e. The second-order valence-electron chi connectivity index (χ2n) is 12.6. The fraction of sp³-hybridized carbons (Fsp3) is 0.444. The van der Waals surface area contributed by atoms with E-state index in [1.54, 1.807) is 0 Å². The molecule has 0 N–H and O–H groups in total. The van der Waals surface area contributed by atoms with E-state index in [0.29, 0.717) is 5.92 Å². The zero-order valence-corrected chi connectivity index (χ0v) is 24.6. The van der Waals surface area contributed by atoms with Crippen molar-refractivity contribution in [1.82, 2.24) is 19.8 Å². The summed E-state index contributed by atoms with van der Waals surface area (Å²) in [5.74, 6) is 2.46. The normalized spacial score (nSPS) is 23.8. The van der Waals surface area contributed by atoms with Gasteiger partial charge in [-0.3, -0.25) is 24.7 Å². The van der Waals surface area contributed by atoms with Crippen molar-refractivity contribution in [3.63, 3.8) is 0 Å². The molecule has 42 heavy (non-hydrogen) atoms. The number of pyridine rings is 2. The van der Waals surface area contributed by atoms with Crippen molar-refractivity contribution in [2.45, 2.75) is 75.9 Å². The Bertz CT molecular complexity index is 1530. The topological polar surface area (TPSA) is 61.7 Å². The molecule has 4 heterocycles. The molecule has 2 aliphatic heterocycles. The standard InChI is InChI=1S/C36H41N5O/c1-25(36-39-33-16-13-27(24-42)22-34(33)41(36)23-26-6-2-7-26)40-20-17-28(18-21-40)32-12-4-11-31(38-32)15-14-30-9-3-8-29-10-5-19-37-35(29)30/h3-5,8-13,16,19,22,24-26,28,33-34H,2,6-7,14-15,17-18,20-21,23H2,1H3. The van der Waals surface area contributed by atoms with E-state index in [1.807, 2.05) is 18.3 Å². The van der Waals surface area contributed by atoms with E-state index in [9.17, 15) is 4.79 Å². The Kier molecular flexibility index (Phi) is 7.72. The highest BCUT2D eigenvalue weighted by Crippen LogP contribution is 2.35. The maximum atomic E-state index is 11.5. The number of allylic oxidation sites excluding steroid dienone is 2. The Hall–Kier alpha value is -3.64. The van der Waals surface area contributed by atoms with Gasteiger partial charge in [0.1, 0.15) is 12.1 Å². The van der Waals surface area contributed by atoms with Crippen molar-refractivity contribution >= 4 is 23.0 Å². The van der Waals surface area contributed by atoms with Crippen LogP contribution in [0.4, 0.5) is 0 Å². The summed E-state index contributed by atoms with van der Waals surface area (Å²) in [5, 5.41) is 1.20. The summed E-state index contributed by atoms with van der Waals surface area (Å²) in [6.07, 6.45) is 17.1. The molecule has 3 unspecified atom stereocenters. The number of hydrogen-bond acceptors (Lipinski definition) is 6. The third-order valence-electron chi connectivity index (χ3n) is 10.0. The van der Waals surface area contributed by atoms with Crippen LogP contribution in [0.1, 0.15) is 61.9 Å². The summed E-state index contributed by atoms with van der Waals surface area (Å²) in [6, 6.07) is 17.8. The first-order valence-electron chi connectivity index (χ1n) is 15.9. The minimum atomic E-state index is 0.125. The molecule has 0 radical (unpaired) electrons. The lowest BCUT2D eigenvalue weighted by molar-refractivity contribution is -0.104. The van der Waals surface area contributed by atoms with Crippen LogP contribution in [-0.4, -0.2) is 69.6 Å². The molecule has 1 saturated carbocycles. The lowest BCUT2D eigenvalue weighted by atomic mass is 9.84. The van der Waals surface area contributed by atoms with Crippen LogP contribution >= 0.6 is 0 Å². The fourth-order valence-corrected chi connectivity index (χ4v) is 7.29. The largest absolute Gasteiger partial charge is 0.350 e. The average Bonchev–Trinajstić information content (AvgIpc) is 3.39. The van der Waals surface area contributed by atoms with Gasteiger partial charge in [-0.15, -0.1) is 0 Å². The van der Waals surface area contributed by atoms with Crippen LogP contribution in [0.25, 0.3) is 10.9 Å². The zero-order chi connectivity index (χ0) is 28.5. The van der Waals surface area contributed by atoms with Crippen molar-refractivity contribution in [2.24, 2.45) is 10.9 Å². The molecule has 4 aliphatic rings. The molecule has 3 atom stereocenters. The number of carbonyl (C=O) groups excluding carboxylic acids is 1. The molecule has 0 amide bonds. The lowest BCUT2D eigenvalue weighted by Crippen LogP contribution is -2.52. The van der Waals surface area contributed by atoms with Gasteiger partial charge in [0.25, 0.3) is 0 Å². The molecule has 2 aromatic heterocycles. The fourth-order valence-electron chi connectivity index (χ4n) is 7.29. The summed E-state index contributed by atoms with van der Waals surface area (Å²) in [7, 11) is 0. The number of aliphatic imine (C=N–C) groups is 1. The average molecular weight is 560 g/mol. The molecule has 2 fully saturated rings. The molecular weight excluding hydrogens is 518 g/mol. The van der Waals surface area contributed by atoms with Crippen LogP contribution in [0.2, 0.25) is 0 Å². The van der Waals surface area contributed by atoms with Gasteiger partial charge < -0.3 is 4.90 Å². The van der Waals surface area contributed by atoms with Crippen LogP contribution in [0.5, 0.6) is 0 Å². The molecule has 6 heteroatoms. The lowest BCUT2D eigenvalue weighted by Gasteiger charge is -2.41. The molecule has 6 nitrogen and oxygen atoms in total. The summed E-state index contributed by atoms with van der Waals surface area (Å²) in [4.78, 5) is 31.7. The smallest absolute Gasteiger partial charge is 0.149 e. The summed E-state index contributed by atoms with van der Waals surface area (Å²) in [6.45, 7) is 5.49. The first kappa shape index (κ1) is 27.2. The first-order chi connectivity index (χ1) is 20.7. The molecule has 2 aliphatic carbocycles. The van der Waals surface area contributed by atoms with Gasteiger partial charge in [-0.25, -0.2) is 0 Å². The van der Waals surface area contributed by atoms with Crippen LogP contribution in [-0.2, 0) is 17.6 Å². The number of carbonyl (C=O) groups is 1. The van der Waals surface area contributed by atoms with Gasteiger partial charge >= 0.3 is 0 Å². The third-order valence-corrected chi connectivity index (χ3v) is 10.0. The van der Waals surface area contributed by atoms with Gasteiger partial charge in [0.15, 0.2) is 0 Å². The highest BCUT2D eigenvalue weighted by molar-refractivity contribution is 5.91. The maximum absolute atomic E-state index is 11.5. The van der Waals surface area contributed by atoms with E-state index in [0.717, 1.165) is 68.6 Å². The Morgan fingerprint density at radius 1 is 1.00 bits per heavy atom. The van der Waals surface area contributed by atoms with E-state index in [2.05, 4.69) is 76.3 Å². The molecule has 0 bridgehead atoms. The van der Waals surface area contributed by atoms with E-state index < -0.39 is 0 Å². The second-order valence-corrected chi connectivity index (χ2v) is 12.6. The predicted octanol–water partition coefficient (Wildman–Crippen LogP) is 5.93. The molecule has 1 saturated heterocycles. The number of piperidine rings is 1. The number of likely N-dealkylation sites (tertiary alicyclic amines) is 1. The SMILES string of the molecule is CC(C1=NC2C=CC(C=O)=CC2N1CC1CCC1)N1CCC(c2cccc(CCc3cccc4cccnc34)n2)CC1. The van der Waals surface area contributed by atoms with E-state index in [1.165, 1.54) is 47.4 Å². The number of para-hydroxylation sites is 1. The van der Waals surface area contributed by atoms with Crippen molar-refractivity contribution in [3.8, 4) is 0 Å². The number of amidine groups is 1. The number of aryl methyl sites for hydroxylation is 2. The van der Waals surface area contributed by atoms with Gasteiger partial charge in [-0.05, 0) is 94.3 Å². The first-order valence-corrected chi connectivity index (χ1v) is 15.9.